The topological polar surface area (TPSA) is 57.5 Å². The summed E-state index contributed by atoms with van der Waals surface area (Å²) < 4.78 is 0. The van der Waals surface area contributed by atoms with Crippen molar-refractivity contribution in [3.63, 3.8) is 0 Å². The van der Waals surface area contributed by atoms with Crippen molar-refractivity contribution in [2.24, 2.45) is 10.8 Å². The van der Waals surface area contributed by atoms with Crippen LogP contribution in [0.25, 0.3) is 0 Å². The van der Waals surface area contributed by atoms with Crippen LogP contribution in [0.2, 0.25) is 5.02 Å². The summed E-state index contributed by atoms with van der Waals surface area (Å²) in [6.45, 7) is 8.37. The quantitative estimate of drug-likeness (QED) is 0.862. The Morgan fingerprint density at radius 2 is 1.68 bits per heavy atom. The Kier molecular flexibility index (Phi) is 4.35. The molecule has 122 valence electrons. The summed E-state index contributed by atoms with van der Waals surface area (Å²) >= 11 is 6.02. The van der Waals surface area contributed by atoms with Crippen molar-refractivity contribution in [2.45, 2.75) is 58.5 Å². The Balaban J connectivity index is 2.49. The normalized spacial score (nSPS) is 23.7. The first kappa shape index (κ1) is 17.3. The van der Waals surface area contributed by atoms with Crippen molar-refractivity contribution >= 4 is 17.6 Å². The highest BCUT2D eigenvalue weighted by molar-refractivity contribution is 6.30. The Hall–Kier alpha value is -1.06. The van der Waals surface area contributed by atoms with Crippen LogP contribution in [0.1, 0.15) is 58.4 Å². The molecule has 0 radical (unpaired) electrons. The van der Waals surface area contributed by atoms with E-state index in [1.165, 1.54) is 0 Å². The number of benzene rings is 1. The van der Waals surface area contributed by atoms with E-state index in [0.717, 1.165) is 6.42 Å². The van der Waals surface area contributed by atoms with Gasteiger partial charge in [0.2, 0.25) is 0 Å². The Morgan fingerprint density at radius 1 is 1.14 bits per heavy atom. The lowest BCUT2D eigenvalue weighted by atomic mass is 9.56. The highest BCUT2D eigenvalue weighted by Gasteiger charge is 2.53. The molecular formula is C18H25ClO3. The van der Waals surface area contributed by atoms with Gasteiger partial charge in [0.15, 0.2) is 0 Å². The van der Waals surface area contributed by atoms with Crippen molar-refractivity contribution in [3.05, 3.63) is 34.9 Å². The van der Waals surface area contributed by atoms with Crippen molar-refractivity contribution in [2.75, 3.05) is 0 Å². The molecule has 1 fully saturated rings. The Morgan fingerprint density at radius 3 is 2.14 bits per heavy atom. The van der Waals surface area contributed by atoms with Gasteiger partial charge in [-0.25, -0.2) is 0 Å². The second-order valence-electron chi connectivity index (χ2n) is 8.29. The lowest BCUT2D eigenvalue weighted by Crippen LogP contribution is -2.51. The third kappa shape index (κ3) is 3.64. The zero-order valence-corrected chi connectivity index (χ0v) is 14.4. The van der Waals surface area contributed by atoms with Crippen LogP contribution in [-0.4, -0.2) is 21.8 Å². The van der Waals surface area contributed by atoms with Crippen LogP contribution in [0.5, 0.6) is 0 Å². The van der Waals surface area contributed by atoms with Gasteiger partial charge in [0.25, 0.3) is 0 Å². The minimum absolute atomic E-state index is 0.108. The molecule has 1 aliphatic carbocycles. The molecule has 3 nitrogen and oxygen atoms in total. The molecule has 22 heavy (non-hydrogen) atoms. The van der Waals surface area contributed by atoms with Crippen LogP contribution in [-0.2, 0) is 4.79 Å². The lowest BCUT2D eigenvalue weighted by molar-refractivity contribution is -0.155. The third-order valence-corrected chi connectivity index (χ3v) is 4.73. The van der Waals surface area contributed by atoms with E-state index in [-0.39, 0.29) is 10.8 Å². The van der Waals surface area contributed by atoms with Crippen molar-refractivity contribution < 1.29 is 15.0 Å². The molecule has 2 N–H and O–H groups in total. The van der Waals surface area contributed by atoms with Crippen molar-refractivity contribution in [1.82, 2.24) is 0 Å². The first-order valence-electron chi connectivity index (χ1n) is 7.65. The average molecular weight is 325 g/mol. The molecule has 2 rings (SSSR count). The van der Waals surface area contributed by atoms with E-state index >= 15 is 0 Å². The van der Waals surface area contributed by atoms with Gasteiger partial charge in [0.05, 0.1) is 5.60 Å². The summed E-state index contributed by atoms with van der Waals surface area (Å²) in [4.78, 5) is 11.9. The van der Waals surface area contributed by atoms with Gasteiger partial charge in [-0.3, -0.25) is 4.79 Å². The molecule has 1 unspecified atom stereocenters. The maximum Gasteiger partial charge on any atom is 0.313 e. The van der Waals surface area contributed by atoms with Crippen LogP contribution in [0, 0.1) is 10.8 Å². The van der Waals surface area contributed by atoms with Crippen LogP contribution >= 0.6 is 11.6 Å². The van der Waals surface area contributed by atoms with Gasteiger partial charge in [0.1, 0.15) is 5.92 Å². The molecule has 0 saturated heterocycles. The monoisotopic (exact) mass is 324 g/mol. The largest absolute Gasteiger partial charge is 0.481 e. The lowest BCUT2D eigenvalue weighted by Gasteiger charge is -2.51. The van der Waals surface area contributed by atoms with Gasteiger partial charge in [-0.1, -0.05) is 51.4 Å². The molecule has 1 saturated carbocycles. The van der Waals surface area contributed by atoms with E-state index in [1.807, 2.05) is 0 Å². The molecule has 0 amide bonds. The highest BCUT2D eigenvalue weighted by Crippen LogP contribution is 2.54. The van der Waals surface area contributed by atoms with Crippen LogP contribution in [0.4, 0.5) is 0 Å². The highest BCUT2D eigenvalue weighted by atomic mass is 35.5. The molecule has 0 aliphatic heterocycles. The smallest absolute Gasteiger partial charge is 0.313 e. The SMILES string of the molecule is CC1(C)CC(C)(C)CC(O)(C(C(=O)O)c2cccc(Cl)c2)C1. The molecule has 0 heterocycles. The molecule has 1 atom stereocenters. The standard InChI is InChI=1S/C18H25ClO3/c1-16(2)9-17(3,4)11-18(22,10-16)14(15(20)21)12-6-5-7-13(19)8-12/h5-8,14,22H,9-11H2,1-4H3,(H,20,21). The molecular weight excluding hydrogens is 300 g/mol. The number of carboxylic acid groups (broad SMARTS) is 1. The molecule has 1 aromatic rings. The van der Waals surface area contributed by atoms with Crippen LogP contribution in [0.3, 0.4) is 0 Å². The Bertz CT molecular complexity index is 561. The van der Waals surface area contributed by atoms with Gasteiger partial charge >= 0.3 is 5.97 Å². The number of halogens is 1. The van der Waals surface area contributed by atoms with Gasteiger partial charge in [0, 0.05) is 5.02 Å². The van der Waals surface area contributed by atoms with E-state index < -0.39 is 17.5 Å². The summed E-state index contributed by atoms with van der Waals surface area (Å²) in [6.07, 6.45) is 1.89. The first-order chi connectivity index (χ1) is 9.94. The molecule has 4 heteroatoms. The number of carbonyl (C=O) groups is 1. The van der Waals surface area contributed by atoms with Gasteiger partial charge in [-0.2, -0.15) is 0 Å². The minimum Gasteiger partial charge on any atom is -0.481 e. The molecule has 1 aliphatic rings. The predicted molar refractivity (Wildman–Crippen MR) is 88.2 cm³/mol. The molecule has 0 aromatic heterocycles. The third-order valence-electron chi connectivity index (χ3n) is 4.49. The molecule has 0 spiro atoms. The second-order valence-corrected chi connectivity index (χ2v) is 8.73. The number of carboxylic acids is 1. The summed E-state index contributed by atoms with van der Waals surface area (Å²) in [5, 5.41) is 21.6. The second kappa shape index (κ2) is 5.54. The number of hydrogen-bond donors (Lipinski definition) is 2. The Labute approximate surface area is 137 Å². The van der Waals surface area contributed by atoms with Gasteiger partial charge in [-0.05, 0) is 47.8 Å². The fraction of sp³-hybridized carbons (Fsp3) is 0.611. The van der Waals surface area contributed by atoms with Crippen molar-refractivity contribution in [1.29, 1.82) is 0 Å². The number of rotatable bonds is 3. The van der Waals surface area contributed by atoms with E-state index in [1.54, 1.807) is 24.3 Å². The van der Waals surface area contributed by atoms with E-state index in [9.17, 15) is 15.0 Å². The van der Waals surface area contributed by atoms with E-state index in [2.05, 4.69) is 27.7 Å². The fourth-order valence-corrected chi connectivity index (χ4v) is 4.91. The summed E-state index contributed by atoms with van der Waals surface area (Å²) in [5.74, 6) is -1.97. The molecule has 0 bridgehead atoms. The summed E-state index contributed by atoms with van der Waals surface area (Å²) in [6, 6.07) is 6.82. The molecule has 1 aromatic carbocycles. The van der Waals surface area contributed by atoms with Gasteiger partial charge in [-0.15, -0.1) is 0 Å². The number of aliphatic hydroxyl groups is 1. The van der Waals surface area contributed by atoms with Crippen LogP contribution in [0.15, 0.2) is 24.3 Å². The zero-order valence-electron chi connectivity index (χ0n) is 13.7. The maximum atomic E-state index is 11.9. The first-order valence-corrected chi connectivity index (χ1v) is 8.03. The average Bonchev–Trinajstić information content (AvgIpc) is 2.21. The summed E-state index contributed by atoms with van der Waals surface area (Å²) in [7, 11) is 0. The minimum atomic E-state index is -1.28. The van der Waals surface area contributed by atoms with Crippen LogP contribution < -0.4 is 0 Å². The predicted octanol–water partition coefficient (Wildman–Crippen LogP) is 4.48. The van der Waals surface area contributed by atoms with E-state index in [0.29, 0.717) is 23.4 Å². The fourth-order valence-electron chi connectivity index (χ4n) is 4.71. The summed E-state index contributed by atoms with van der Waals surface area (Å²) in [5.41, 5.74) is -0.927. The van der Waals surface area contributed by atoms with Gasteiger partial charge < -0.3 is 10.2 Å². The van der Waals surface area contributed by atoms with Crippen molar-refractivity contribution in [3.8, 4) is 0 Å². The van der Waals surface area contributed by atoms with E-state index in [4.69, 9.17) is 11.6 Å². The number of aliphatic carboxylic acids is 1. The number of hydrogen-bond acceptors (Lipinski definition) is 2. The maximum absolute atomic E-state index is 11.9. The zero-order chi connectivity index (χ0) is 16.8.